The number of para-hydroxylation sites is 1. The molecule has 3 aromatic rings. The first-order valence-corrected chi connectivity index (χ1v) is 14.3. The number of hydrogen-bond donors (Lipinski definition) is 1. The van der Waals surface area contributed by atoms with Gasteiger partial charge in [-0.1, -0.05) is 70.2 Å². The third kappa shape index (κ3) is 5.49. The molecule has 11 heteroatoms. The number of carbonyl (C=O) groups is 3. The maximum atomic E-state index is 13.7. The second kappa shape index (κ2) is 11.8. The van der Waals surface area contributed by atoms with Crippen molar-refractivity contribution >= 4 is 78.9 Å². The Morgan fingerprint density at radius 3 is 2.48 bits per heavy atom. The van der Waals surface area contributed by atoms with Crippen LogP contribution in [0.5, 0.6) is 11.5 Å². The van der Waals surface area contributed by atoms with E-state index in [1.54, 1.807) is 56.7 Å². The van der Waals surface area contributed by atoms with Crippen LogP contribution in [0.4, 0.5) is 11.4 Å². The molecule has 204 valence electrons. The molecule has 0 radical (unpaired) electrons. The van der Waals surface area contributed by atoms with E-state index in [-0.39, 0.29) is 28.8 Å². The van der Waals surface area contributed by atoms with Gasteiger partial charge in [-0.05, 0) is 48.4 Å². The molecule has 2 heterocycles. The number of fused-ring (bicyclic) bond motifs is 1. The minimum Gasteiger partial charge on any atom is -0.493 e. The SMILES string of the molecule is COc1ccc(CCN2C(=O)C(=C3C(=O)N(CC(=O)Nc4cccc(Br)c4)c4ccccc43)SC2=S)cc1OC. The van der Waals surface area contributed by atoms with Crippen molar-refractivity contribution in [2.45, 2.75) is 6.42 Å². The second-order valence-electron chi connectivity index (χ2n) is 8.94. The van der Waals surface area contributed by atoms with Crippen LogP contribution in [0.3, 0.4) is 0 Å². The summed E-state index contributed by atoms with van der Waals surface area (Å²) in [6, 6.07) is 19.9. The zero-order valence-electron chi connectivity index (χ0n) is 21.6. The van der Waals surface area contributed by atoms with Gasteiger partial charge in [0.2, 0.25) is 5.91 Å². The first-order chi connectivity index (χ1) is 19.3. The van der Waals surface area contributed by atoms with Gasteiger partial charge in [-0.25, -0.2) is 0 Å². The fourth-order valence-corrected chi connectivity index (χ4v) is 6.37. The number of ether oxygens (including phenoxy) is 2. The van der Waals surface area contributed by atoms with Crippen molar-refractivity contribution in [3.8, 4) is 11.5 Å². The number of benzene rings is 3. The quantitative estimate of drug-likeness (QED) is 0.266. The number of anilines is 2. The molecule has 1 fully saturated rings. The zero-order valence-corrected chi connectivity index (χ0v) is 24.8. The molecule has 3 amide bonds. The Hall–Kier alpha value is -3.67. The van der Waals surface area contributed by atoms with E-state index in [4.69, 9.17) is 21.7 Å². The van der Waals surface area contributed by atoms with E-state index in [0.717, 1.165) is 21.8 Å². The highest BCUT2D eigenvalue weighted by atomic mass is 79.9. The molecule has 1 saturated heterocycles. The van der Waals surface area contributed by atoms with E-state index in [1.807, 2.05) is 24.3 Å². The molecule has 0 spiro atoms. The van der Waals surface area contributed by atoms with Crippen molar-refractivity contribution in [1.29, 1.82) is 0 Å². The van der Waals surface area contributed by atoms with Gasteiger partial charge in [-0.2, -0.15) is 0 Å². The lowest BCUT2D eigenvalue weighted by molar-refractivity contribution is -0.122. The largest absolute Gasteiger partial charge is 0.493 e. The number of hydrogen-bond acceptors (Lipinski definition) is 7. The molecule has 40 heavy (non-hydrogen) atoms. The lowest BCUT2D eigenvalue weighted by Gasteiger charge is -2.17. The van der Waals surface area contributed by atoms with Crippen molar-refractivity contribution in [2.24, 2.45) is 0 Å². The van der Waals surface area contributed by atoms with Gasteiger partial charge in [-0.15, -0.1) is 0 Å². The van der Waals surface area contributed by atoms with E-state index < -0.39 is 5.91 Å². The topological polar surface area (TPSA) is 88.2 Å². The number of thiocarbonyl (C=S) groups is 1. The van der Waals surface area contributed by atoms with Gasteiger partial charge in [0.25, 0.3) is 11.8 Å². The van der Waals surface area contributed by atoms with Crippen LogP contribution < -0.4 is 19.7 Å². The van der Waals surface area contributed by atoms with Gasteiger partial charge in [0.05, 0.1) is 30.4 Å². The van der Waals surface area contributed by atoms with Crippen molar-refractivity contribution in [3.05, 3.63) is 87.2 Å². The van der Waals surface area contributed by atoms with Gasteiger partial charge >= 0.3 is 0 Å². The molecule has 8 nitrogen and oxygen atoms in total. The number of nitrogens with zero attached hydrogens (tertiary/aromatic N) is 2. The average molecular weight is 639 g/mol. The number of carbonyl (C=O) groups excluding carboxylic acids is 3. The zero-order chi connectivity index (χ0) is 28.4. The molecule has 0 atom stereocenters. The highest BCUT2D eigenvalue weighted by Gasteiger charge is 2.42. The summed E-state index contributed by atoms with van der Waals surface area (Å²) in [6.07, 6.45) is 0.530. The predicted molar refractivity (Wildman–Crippen MR) is 164 cm³/mol. The third-order valence-corrected chi connectivity index (χ3v) is 8.42. The summed E-state index contributed by atoms with van der Waals surface area (Å²) >= 11 is 10.0. The number of methoxy groups -OCH3 is 2. The lowest BCUT2D eigenvalue weighted by atomic mass is 10.1. The molecular weight excluding hydrogens is 614 g/mol. The fraction of sp³-hybridized carbons (Fsp3) is 0.172. The smallest absolute Gasteiger partial charge is 0.267 e. The molecule has 0 saturated carbocycles. The molecule has 3 aromatic carbocycles. The molecule has 0 unspecified atom stereocenters. The molecular formula is C29H24BrN3O5S2. The molecule has 5 rings (SSSR count). The van der Waals surface area contributed by atoms with Gasteiger partial charge in [0.15, 0.2) is 11.5 Å². The van der Waals surface area contributed by atoms with Crippen LogP contribution in [0.25, 0.3) is 5.57 Å². The van der Waals surface area contributed by atoms with Crippen LogP contribution in [0.2, 0.25) is 0 Å². The highest BCUT2D eigenvalue weighted by Crippen LogP contribution is 2.44. The Kier molecular flexibility index (Phi) is 8.24. The maximum Gasteiger partial charge on any atom is 0.267 e. The van der Waals surface area contributed by atoms with Crippen molar-refractivity contribution in [1.82, 2.24) is 4.90 Å². The summed E-state index contributed by atoms with van der Waals surface area (Å²) in [6.45, 7) is 0.136. The normalized spacial score (nSPS) is 16.4. The van der Waals surface area contributed by atoms with Gasteiger partial charge < -0.3 is 14.8 Å². The van der Waals surface area contributed by atoms with E-state index >= 15 is 0 Å². The van der Waals surface area contributed by atoms with Crippen LogP contribution >= 0.6 is 39.9 Å². The van der Waals surface area contributed by atoms with E-state index in [9.17, 15) is 14.4 Å². The number of thioether (sulfide) groups is 1. The van der Waals surface area contributed by atoms with Crippen LogP contribution in [-0.4, -0.2) is 54.3 Å². The maximum absolute atomic E-state index is 13.7. The number of nitrogens with one attached hydrogen (secondary N) is 1. The first-order valence-electron chi connectivity index (χ1n) is 12.3. The van der Waals surface area contributed by atoms with Crippen LogP contribution in [-0.2, 0) is 20.8 Å². The molecule has 1 N–H and O–H groups in total. The molecule has 0 aliphatic carbocycles. The van der Waals surface area contributed by atoms with E-state index in [2.05, 4.69) is 21.2 Å². The molecule has 0 aromatic heterocycles. The number of halogens is 1. The van der Waals surface area contributed by atoms with E-state index in [1.165, 1.54) is 9.80 Å². The van der Waals surface area contributed by atoms with Crippen molar-refractivity contribution in [2.75, 3.05) is 37.5 Å². The van der Waals surface area contributed by atoms with Gasteiger partial charge in [0, 0.05) is 22.3 Å². The Morgan fingerprint density at radius 1 is 0.950 bits per heavy atom. The Balaban J connectivity index is 1.36. The van der Waals surface area contributed by atoms with E-state index in [0.29, 0.717) is 45.7 Å². The lowest BCUT2D eigenvalue weighted by Crippen LogP contribution is -2.35. The summed E-state index contributed by atoms with van der Waals surface area (Å²) in [7, 11) is 3.14. The van der Waals surface area contributed by atoms with Crippen molar-refractivity contribution < 1.29 is 23.9 Å². The fourth-order valence-electron chi connectivity index (χ4n) is 4.59. The Labute approximate surface area is 249 Å². The monoisotopic (exact) mass is 637 g/mol. The average Bonchev–Trinajstić information content (AvgIpc) is 3.38. The van der Waals surface area contributed by atoms with Crippen LogP contribution in [0.1, 0.15) is 11.1 Å². The van der Waals surface area contributed by atoms with Crippen LogP contribution in [0.15, 0.2) is 76.1 Å². The summed E-state index contributed by atoms with van der Waals surface area (Å²) in [5.41, 5.74) is 2.99. The van der Waals surface area contributed by atoms with Crippen LogP contribution in [0, 0.1) is 0 Å². The standard InChI is InChI=1S/C29H24BrN3O5S2/c1-37-22-11-10-17(14-23(22)38-2)12-13-32-28(36)26(40-29(32)39)25-20-8-3-4-9-21(20)33(27(25)35)16-24(34)31-19-7-5-6-18(30)15-19/h3-11,14-15H,12-13,16H2,1-2H3,(H,31,34). The molecule has 2 aliphatic rings. The highest BCUT2D eigenvalue weighted by molar-refractivity contribution is 9.10. The Morgan fingerprint density at radius 2 is 1.73 bits per heavy atom. The van der Waals surface area contributed by atoms with Gasteiger partial charge in [-0.3, -0.25) is 24.2 Å². The number of amides is 3. The Bertz CT molecular complexity index is 1570. The minimum absolute atomic E-state index is 0.203. The minimum atomic E-state index is -0.411. The summed E-state index contributed by atoms with van der Waals surface area (Å²) in [5, 5.41) is 2.82. The summed E-state index contributed by atoms with van der Waals surface area (Å²) in [4.78, 5) is 43.3. The summed E-state index contributed by atoms with van der Waals surface area (Å²) in [5.74, 6) is 0.129. The summed E-state index contributed by atoms with van der Waals surface area (Å²) < 4.78 is 11.9. The van der Waals surface area contributed by atoms with Gasteiger partial charge in [0.1, 0.15) is 10.9 Å². The third-order valence-electron chi connectivity index (χ3n) is 6.48. The number of rotatable bonds is 8. The molecule has 0 bridgehead atoms. The molecule has 2 aliphatic heterocycles. The second-order valence-corrected chi connectivity index (χ2v) is 11.5. The van der Waals surface area contributed by atoms with Crippen molar-refractivity contribution in [3.63, 3.8) is 0 Å². The first kappa shape index (κ1) is 27.9. The predicted octanol–water partition coefficient (Wildman–Crippen LogP) is 5.27.